The van der Waals surface area contributed by atoms with Crippen LogP contribution >= 0.6 is 0 Å². The van der Waals surface area contributed by atoms with Crippen LogP contribution in [0.25, 0.3) is 0 Å². The van der Waals surface area contributed by atoms with Gasteiger partial charge in [0.05, 0.1) is 0 Å². The number of carbonyl (C=O) groups excluding carboxylic acids is 1. The number of carbonyl (C=O) groups is 1. The lowest BCUT2D eigenvalue weighted by Crippen LogP contribution is -2.12. The van der Waals surface area contributed by atoms with E-state index in [2.05, 4.69) is 46.0 Å². The molecule has 0 fully saturated rings. The van der Waals surface area contributed by atoms with Crippen molar-refractivity contribution in [1.82, 2.24) is 0 Å². The molecule has 2 heteroatoms. The van der Waals surface area contributed by atoms with Crippen LogP contribution in [0.3, 0.4) is 0 Å². The third kappa shape index (κ3) is 3.76. The van der Waals surface area contributed by atoms with Crippen LogP contribution in [0, 0.1) is 6.92 Å². The molecule has 22 heavy (non-hydrogen) atoms. The van der Waals surface area contributed by atoms with Crippen LogP contribution < -0.4 is 5.32 Å². The Labute approximate surface area is 133 Å². The topological polar surface area (TPSA) is 29.1 Å². The molecule has 0 aliphatic carbocycles. The first-order chi connectivity index (χ1) is 10.4. The van der Waals surface area contributed by atoms with Crippen LogP contribution in [-0.2, 0) is 0 Å². The van der Waals surface area contributed by atoms with Gasteiger partial charge in [0.2, 0.25) is 0 Å². The minimum absolute atomic E-state index is 0.0630. The largest absolute Gasteiger partial charge is 0.322 e. The molecular formula is C20H25NO. The maximum Gasteiger partial charge on any atom is 0.255 e. The van der Waals surface area contributed by atoms with Crippen LogP contribution in [0.5, 0.6) is 0 Å². The van der Waals surface area contributed by atoms with Crippen LogP contribution in [-0.4, -0.2) is 5.91 Å². The Morgan fingerprint density at radius 2 is 1.55 bits per heavy atom. The van der Waals surface area contributed by atoms with Crippen molar-refractivity contribution in [2.45, 2.75) is 46.5 Å². The zero-order valence-electron chi connectivity index (χ0n) is 14.1. The highest BCUT2D eigenvalue weighted by Gasteiger charge is 2.09. The van der Waals surface area contributed by atoms with Gasteiger partial charge in [0.25, 0.3) is 5.91 Å². The molecule has 116 valence electrons. The van der Waals surface area contributed by atoms with E-state index in [1.807, 2.05) is 36.4 Å². The molecule has 2 aromatic carbocycles. The summed E-state index contributed by atoms with van der Waals surface area (Å²) < 4.78 is 0. The van der Waals surface area contributed by atoms with Crippen molar-refractivity contribution in [2.24, 2.45) is 0 Å². The molecule has 0 aliphatic heterocycles. The van der Waals surface area contributed by atoms with Gasteiger partial charge in [0.15, 0.2) is 0 Å². The van der Waals surface area contributed by atoms with Crippen LogP contribution in [0.1, 0.15) is 66.6 Å². The lowest BCUT2D eigenvalue weighted by atomic mass is 9.97. The van der Waals surface area contributed by atoms with Crippen molar-refractivity contribution in [3.05, 3.63) is 64.7 Å². The van der Waals surface area contributed by atoms with Gasteiger partial charge in [-0.2, -0.15) is 0 Å². The molecular weight excluding hydrogens is 270 g/mol. The van der Waals surface area contributed by atoms with Gasteiger partial charge in [0.1, 0.15) is 0 Å². The quantitative estimate of drug-likeness (QED) is 0.793. The van der Waals surface area contributed by atoms with Crippen molar-refractivity contribution >= 4 is 11.6 Å². The summed E-state index contributed by atoms with van der Waals surface area (Å²) in [7, 11) is 0. The summed E-state index contributed by atoms with van der Waals surface area (Å²) in [6.07, 6.45) is 0. The maximum atomic E-state index is 12.3. The highest BCUT2D eigenvalue weighted by molar-refractivity contribution is 6.04. The minimum atomic E-state index is -0.0630. The molecule has 0 atom stereocenters. The Balaban J connectivity index is 2.13. The molecule has 2 aromatic rings. The fraction of sp³-hybridized carbons (Fsp3) is 0.350. The summed E-state index contributed by atoms with van der Waals surface area (Å²) in [6.45, 7) is 10.7. The van der Waals surface area contributed by atoms with E-state index in [0.717, 1.165) is 5.69 Å². The molecule has 2 rings (SSSR count). The lowest BCUT2D eigenvalue weighted by Gasteiger charge is -2.12. The number of amides is 1. The number of benzene rings is 2. The Kier molecular flexibility index (Phi) is 5.02. The molecule has 0 unspecified atom stereocenters. The maximum absolute atomic E-state index is 12.3. The second kappa shape index (κ2) is 6.78. The average Bonchev–Trinajstić information content (AvgIpc) is 2.47. The predicted molar refractivity (Wildman–Crippen MR) is 93.8 cm³/mol. The average molecular weight is 295 g/mol. The van der Waals surface area contributed by atoms with Crippen LogP contribution in [0.2, 0.25) is 0 Å². The van der Waals surface area contributed by atoms with E-state index >= 15 is 0 Å². The summed E-state index contributed by atoms with van der Waals surface area (Å²) in [4.78, 5) is 12.3. The predicted octanol–water partition coefficient (Wildman–Crippen LogP) is 5.49. The van der Waals surface area contributed by atoms with E-state index in [-0.39, 0.29) is 5.91 Å². The first kappa shape index (κ1) is 16.3. The summed E-state index contributed by atoms with van der Waals surface area (Å²) in [5.41, 5.74) is 5.31. The molecule has 0 bridgehead atoms. The number of hydrogen-bond donors (Lipinski definition) is 1. The van der Waals surface area contributed by atoms with Gasteiger partial charge in [-0.3, -0.25) is 4.79 Å². The standard InChI is InChI=1S/C20H25NO/c1-13(2)16-6-8-17(9-7-16)20(22)21-18-10-11-19(14(3)4)15(5)12-18/h6-14H,1-5H3,(H,21,22). The van der Waals surface area contributed by atoms with Gasteiger partial charge < -0.3 is 5.32 Å². The molecule has 1 amide bonds. The SMILES string of the molecule is Cc1cc(NC(=O)c2ccc(C(C)C)cc2)ccc1C(C)C. The number of hydrogen-bond acceptors (Lipinski definition) is 1. The van der Waals surface area contributed by atoms with Crippen molar-refractivity contribution in [3.8, 4) is 0 Å². The zero-order valence-corrected chi connectivity index (χ0v) is 14.1. The molecule has 0 saturated heterocycles. The van der Waals surface area contributed by atoms with E-state index < -0.39 is 0 Å². The molecule has 2 nitrogen and oxygen atoms in total. The monoisotopic (exact) mass is 295 g/mol. The lowest BCUT2D eigenvalue weighted by molar-refractivity contribution is 0.102. The minimum Gasteiger partial charge on any atom is -0.322 e. The van der Waals surface area contributed by atoms with Crippen molar-refractivity contribution in [3.63, 3.8) is 0 Å². The van der Waals surface area contributed by atoms with E-state index in [1.165, 1.54) is 16.7 Å². The smallest absolute Gasteiger partial charge is 0.255 e. The van der Waals surface area contributed by atoms with E-state index in [9.17, 15) is 4.79 Å². The Hall–Kier alpha value is -2.09. The van der Waals surface area contributed by atoms with Gasteiger partial charge in [-0.15, -0.1) is 0 Å². The molecule has 0 aromatic heterocycles. The number of anilines is 1. The number of nitrogens with one attached hydrogen (secondary N) is 1. The molecule has 0 radical (unpaired) electrons. The van der Waals surface area contributed by atoms with E-state index in [1.54, 1.807) is 0 Å². The number of aryl methyl sites for hydroxylation is 1. The third-order valence-electron chi connectivity index (χ3n) is 3.99. The van der Waals surface area contributed by atoms with Crippen LogP contribution in [0.15, 0.2) is 42.5 Å². The second-order valence-corrected chi connectivity index (χ2v) is 6.46. The van der Waals surface area contributed by atoms with Crippen molar-refractivity contribution in [1.29, 1.82) is 0 Å². The van der Waals surface area contributed by atoms with Gasteiger partial charge in [-0.1, -0.05) is 45.9 Å². The highest BCUT2D eigenvalue weighted by Crippen LogP contribution is 2.23. The summed E-state index contributed by atoms with van der Waals surface area (Å²) in [5, 5.41) is 2.97. The second-order valence-electron chi connectivity index (χ2n) is 6.46. The highest BCUT2D eigenvalue weighted by atomic mass is 16.1. The summed E-state index contributed by atoms with van der Waals surface area (Å²) in [6, 6.07) is 13.9. The van der Waals surface area contributed by atoms with Gasteiger partial charge >= 0.3 is 0 Å². The van der Waals surface area contributed by atoms with Crippen LogP contribution in [0.4, 0.5) is 5.69 Å². The third-order valence-corrected chi connectivity index (χ3v) is 3.99. The van der Waals surface area contributed by atoms with Gasteiger partial charge in [-0.05, 0) is 59.7 Å². The first-order valence-electron chi connectivity index (χ1n) is 7.90. The van der Waals surface area contributed by atoms with Crippen molar-refractivity contribution < 1.29 is 4.79 Å². The first-order valence-corrected chi connectivity index (χ1v) is 7.90. The molecule has 0 aliphatic rings. The van der Waals surface area contributed by atoms with Gasteiger partial charge in [0, 0.05) is 11.3 Å². The normalized spacial score (nSPS) is 11.0. The number of rotatable bonds is 4. The zero-order chi connectivity index (χ0) is 16.3. The Morgan fingerprint density at radius 3 is 2.05 bits per heavy atom. The fourth-order valence-electron chi connectivity index (χ4n) is 2.62. The van der Waals surface area contributed by atoms with E-state index in [4.69, 9.17) is 0 Å². The fourth-order valence-corrected chi connectivity index (χ4v) is 2.62. The van der Waals surface area contributed by atoms with Crippen molar-refractivity contribution in [2.75, 3.05) is 5.32 Å². The molecule has 0 heterocycles. The van der Waals surface area contributed by atoms with E-state index in [0.29, 0.717) is 17.4 Å². The summed E-state index contributed by atoms with van der Waals surface area (Å²) in [5.74, 6) is 0.906. The molecule has 0 saturated carbocycles. The Bertz CT molecular complexity index is 654. The molecule has 0 spiro atoms. The Morgan fingerprint density at radius 1 is 0.909 bits per heavy atom. The molecule has 1 N–H and O–H groups in total. The summed E-state index contributed by atoms with van der Waals surface area (Å²) >= 11 is 0. The van der Waals surface area contributed by atoms with Gasteiger partial charge in [-0.25, -0.2) is 0 Å².